The maximum Gasteiger partial charge on any atom is 0.275 e. The minimum Gasteiger partial charge on any atom is -0.354 e. The van der Waals surface area contributed by atoms with Crippen LogP contribution in [-0.2, 0) is 6.42 Å². The predicted molar refractivity (Wildman–Crippen MR) is 108 cm³/mol. The van der Waals surface area contributed by atoms with E-state index in [1.54, 1.807) is 0 Å². The summed E-state index contributed by atoms with van der Waals surface area (Å²) < 4.78 is 14.8. The molecule has 5 rings (SSSR count). The number of carbonyl (C=O) groups excluding carboxylic acids is 1. The summed E-state index contributed by atoms with van der Waals surface area (Å²) in [5, 5.41) is 5.16. The average molecular weight is 372 g/mol. The highest BCUT2D eigenvalue weighted by Crippen LogP contribution is 2.29. The number of rotatable bonds is 3. The Bertz CT molecular complexity index is 1370. The van der Waals surface area contributed by atoms with Gasteiger partial charge in [0.2, 0.25) is 0 Å². The number of fused-ring (bicyclic) bond motifs is 4. The van der Waals surface area contributed by atoms with Crippen LogP contribution in [0.25, 0.3) is 27.5 Å². The fraction of sp³-hybridized carbons (Fsp3) is 0.0909. The first kappa shape index (κ1) is 16.5. The molecule has 0 saturated heterocycles. The Morgan fingerprint density at radius 2 is 2.04 bits per heavy atom. The SMILES string of the molecule is CCc1cccc2c1[nH]c1cc(NC(=O)c3cn4cc(F)ccc4n3)ccc12. The van der Waals surface area contributed by atoms with E-state index in [0.717, 1.165) is 22.8 Å². The van der Waals surface area contributed by atoms with Crippen LogP contribution in [0.1, 0.15) is 23.0 Å². The van der Waals surface area contributed by atoms with Crippen LogP contribution in [0.4, 0.5) is 10.1 Å². The molecule has 138 valence electrons. The lowest BCUT2D eigenvalue weighted by Gasteiger charge is -2.03. The van der Waals surface area contributed by atoms with Crippen molar-refractivity contribution < 1.29 is 9.18 Å². The van der Waals surface area contributed by atoms with E-state index < -0.39 is 0 Å². The molecule has 0 aliphatic rings. The highest BCUT2D eigenvalue weighted by atomic mass is 19.1. The molecule has 2 aromatic carbocycles. The summed E-state index contributed by atoms with van der Waals surface area (Å²) in [6, 6.07) is 14.9. The number of imidazole rings is 1. The lowest BCUT2D eigenvalue weighted by atomic mass is 10.1. The van der Waals surface area contributed by atoms with Gasteiger partial charge >= 0.3 is 0 Å². The van der Waals surface area contributed by atoms with Crippen LogP contribution in [0, 0.1) is 5.82 Å². The molecule has 0 fully saturated rings. The van der Waals surface area contributed by atoms with Crippen LogP contribution in [0.3, 0.4) is 0 Å². The molecule has 0 bridgehead atoms. The van der Waals surface area contributed by atoms with Crippen molar-refractivity contribution in [2.75, 3.05) is 5.32 Å². The first-order chi connectivity index (χ1) is 13.6. The highest BCUT2D eigenvalue weighted by Gasteiger charge is 2.13. The zero-order valence-corrected chi connectivity index (χ0v) is 15.2. The van der Waals surface area contributed by atoms with Gasteiger partial charge < -0.3 is 14.7 Å². The number of hydrogen-bond acceptors (Lipinski definition) is 2. The van der Waals surface area contributed by atoms with Crippen LogP contribution in [0.5, 0.6) is 0 Å². The Kier molecular flexibility index (Phi) is 3.65. The first-order valence-corrected chi connectivity index (χ1v) is 9.11. The molecule has 0 atom stereocenters. The van der Waals surface area contributed by atoms with Crippen LogP contribution in [-0.4, -0.2) is 20.3 Å². The highest BCUT2D eigenvalue weighted by molar-refractivity contribution is 6.10. The number of benzene rings is 2. The molecule has 0 unspecified atom stereocenters. The number of aromatic nitrogens is 3. The lowest BCUT2D eigenvalue weighted by molar-refractivity contribution is 0.102. The van der Waals surface area contributed by atoms with Gasteiger partial charge in [-0.1, -0.05) is 31.2 Å². The number of aryl methyl sites for hydroxylation is 1. The van der Waals surface area contributed by atoms with Crippen LogP contribution in [0.15, 0.2) is 60.9 Å². The second kappa shape index (κ2) is 6.20. The second-order valence-electron chi connectivity index (χ2n) is 6.77. The minimum absolute atomic E-state index is 0.232. The minimum atomic E-state index is -0.382. The van der Waals surface area contributed by atoms with Gasteiger partial charge in [-0.3, -0.25) is 4.79 Å². The molecule has 0 saturated carbocycles. The number of aromatic amines is 1. The van der Waals surface area contributed by atoms with Crippen molar-refractivity contribution in [3.63, 3.8) is 0 Å². The van der Waals surface area contributed by atoms with E-state index in [4.69, 9.17) is 0 Å². The predicted octanol–water partition coefficient (Wildman–Crippen LogP) is 4.92. The zero-order valence-electron chi connectivity index (χ0n) is 15.2. The summed E-state index contributed by atoms with van der Waals surface area (Å²) in [6.45, 7) is 2.13. The average Bonchev–Trinajstić information content (AvgIpc) is 3.28. The van der Waals surface area contributed by atoms with E-state index in [1.165, 1.54) is 39.9 Å². The van der Waals surface area contributed by atoms with E-state index in [9.17, 15) is 9.18 Å². The van der Waals surface area contributed by atoms with Crippen LogP contribution in [0.2, 0.25) is 0 Å². The third kappa shape index (κ3) is 2.62. The number of para-hydroxylation sites is 1. The summed E-state index contributed by atoms with van der Waals surface area (Å²) in [5.41, 5.74) is 4.78. The summed E-state index contributed by atoms with van der Waals surface area (Å²) >= 11 is 0. The number of halogens is 1. The van der Waals surface area contributed by atoms with E-state index in [-0.39, 0.29) is 17.4 Å². The molecular formula is C22H17FN4O. The van der Waals surface area contributed by atoms with E-state index >= 15 is 0 Å². The maximum absolute atomic E-state index is 13.3. The Morgan fingerprint density at radius 1 is 1.14 bits per heavy atom. The molecule has 0 aliphatic heterocycles. The lowest BCUT2D eigenvalue weighted by Crippen LogP contribution is -2.12. The van der Waals surface area contributed by atoms with Gasteiger partial charge in [0.15, 0.2) is 0 Å². The smallest absolute Gasteiger partial charge is 0.275 e. The molecule has 0 spiro atoms. The molecule has 0 aliphatic carbocycles. The van der Waals surface area contributed by atoms with Crippen molar-refractivity contribution in [1.29, 1.82) is 0 Å². The number of nitrogens with one attached hydrogen (secondary N) is 2. The topological polar surface area (TPSA) is 62.2 Å². The van der Waals surface area contributed by atoms with Gasteiger partial charge in [-0.25, -0.2) is 9.37 Å². The molecule has 1 amide bonds. The largest absolute Gasteiger partial charge is 0.354 e. The normalized spacial score (nSPS) is 11.5. The van der Waals surface area contributed by atoms with Crippen molar-refractivity contribution in [3.05, 3.63) is 78.0 Å². The molecule has 28 heavy (non-hydrogen) atoms. The molecule has 5 aromatic rings. The molecule has 6 heteroatoms. The molecule has 3 heterocycles. The van der Waals surface area contributed by atoms with Crippen molar-refractivity contribution in [2.45, 2.75) is 13.3 Å². The number of anilines is 1. The zero-order chi connectivity index (χ0) is 19.3. The number of H-pyrrole nitrogens is 1. The van der Waals surface area contributed by atoms with Gasteiger partial charge in [-0.05, 0) is 36.2 Å². The molecule has 3 aromatic heterocycles. The van der Waals surface area contributed by atoms with Crippen molar-refractivity contribution in [1.82, 2.24) is 14.4 Å². The number of carbonyl (C=O) groups is 1. The van der Waals surface area contributed by atoms with Gasteiger partial charge in [-0.2, -0.15) is 0 Å². The summed E-state index contributed by atoms with van der Waals surface area (Å²) in [7, 11) is 0. The summed E-state index contributed by atoms with van der Waals surface area (Å²) in [5.74, 6) is -0.721. The van der Waals surface area contributed by atoms with Crippen molar-refractivity contribution in [2.24, 2.45) is 0 Å². The number of amides is 1. The van der Waals surface area contributed by atoms with Gasteiger partial charge in [0, 0.05) is 39.9 Å². The summed E-state index contributed by atoms with van der Waals surface area (Å²) in [6.07, 6.45) is 3.76. The van der Waals surface area contributed by atoms with Crippen molar-refractivity contribution >= 4 is 39.0 Å². The number of pyridine rings is 1. The first-order valence-electron chi connectivity index (χ1n) is 9.11. The van der Waals surface area contributed by atoms with Crippen molar-refractivity contribution in [3.8, 4) is 0 Å². The van der Waals surface area contributed by atoms with Gasteiger partial charge in [0.1, 0.15) is 17.2 Å². The Morgan fingerprint density at radius 3 is 2.89 bits per heavy atom. The molecule has 2 N–H and O–H groups in total. The maximum atomic E-state index is 13.3. The van der Waals surface area contributed by atoms with Gasteiger partial charge in [-0.15, -0.1) is 0 Å². The van der Waals surface area contributed by atoms with E-state index in [0.29, 0.717) is 11.3 Å². The van der Waals surface area contributed by atoms with Gasteiger partial charge in [0.25, 0.3) is 5.91 Å². The third-order valence-corrected chi connectivity index (χ3v) is 5.01. The standard InChI is InChI=1S/C22H17FN4O/c1-2-13-4-3-5-17-16-8-7-15(10-18(16)26-21(13)17)24-22(28)19-12-27-11-14(23)6-9-20(27)25-19/h3-12,26H,2H2,1H3,(H,24,28). The molecule has 5 nitrogen and oxygen atoms in total. The van der Waals surface area contributed by atoms with E-state index in [2.05, 4.69) is 40.4 Å². The fourth-order valence-electron chi connectivity index (χ4n) is 3.63. The Labute approximate surface area is 159 Å². The van der Waals surface area contributed by atoms with Crippen LogP contribution < -0.4 is 5.32 Å². The Hall–Kier alpha value is -3.67. The third-order valence-electron chi connectivity index (χ3n) is 5.01. The Balaban J connectivity index is 1.50. The number of nitrogens with zero attached hydrogens (tertiary/aromatic N) is 2. The fourth-order valence-corrected chi connectivity index (χ4v) is 3.63. The quantitative estimate of drug-likeness (QED) is 0.472. The second-order valence-corrected chi connectivity index (χ2v) is 6.77. The van der Waals surface area contributed by atoms with Crippen LogP contribution >= 0.6 is 0 Å². The number of hydrogen-bond donors (Lipinski definition) is 2. The summed E-state index contributed by atoms with van der Waals surface area (Å²) in [4.78, 5) is 20.3. The molecular weight excluding hydrogens is 355 g/mol. The van der Waals surface area contributed by atoms with Gasteiger partial charge in [0.05, 0.1) is 0 Å². The molecule has 0 radical (unpaired) electrons. The monoisotopic (exact) mass is 372 g/mol. The van der Waals surface area contributed by atoms with E-state index in [1.807, 2.05) is 18.2 Å².